The van der Waals surface area contributed by atoms with Crippen LogP contribution in [0.4, 0.5) is 5.69 Å². The lowest BCUT2D eigenvalue weighted by atomic mass is 9.92. The van der Waals surface area contributed by atoms with Crippen LogP contribution in [0.2, 0.25) is 0 Å². The minimum Gasteiger partial charge on any atom is -0.384 e. The summed E-state index contributed by atoms with van der Waals surface area (Å²) in [7, 11) is 0. The number of quaternary nitrogens is 1. The molecule has 2 aromatic carbocycles. The summed E-state index contributed by atoms with van der Waals surface area (Å²) in [4.78, 5) is 7.35. The number of aliphatic imine (C=N–C) groups is 1. The Kier molecular flexibility index (Phi) is 6.80. The van der Waals surface area contributed by atoms with E-state index in [0.29, 0.717) is 24.0 Å². The van der Waals surface area contributed by atoms with Gasteiger partial charge in [-0.3, -0.25) is 15.2 Å². The molecule has 3 rings (SSSR count). The number of benzene rings is 2. The van der Waals surface area contributed by atoms with Gasteiger partial charge in [-0.25, -0.2) is 0 Å². The molecular formula is C23H31N4+. The normalized spacial score (nSPS) is 24.4. The van der Waals surface area contributed by atoms with Gasteiger partial charge in [0.15, 0.2) is 0 Å². The average Bonchev–Trinajstić information content (AvgIpc) is 2.66. The van der Waals surface area contributed by atoms with Gasteiger partial charge in [-0.05, 0) is 44.4 Å². The Morgan fingerprint density at radius 3 is 2.26 bits per heavy atom. The second-order valence-corrected chi connectivity index (χ2v) is 7.47. The monoisotopic (exact) mass is 363 g/mol. The van der Waals surface area contributed by atoms with Crippen LogP contribution in [0.1, 0.15) is 32.3 Å². The van der Waals surface area contributed by atoms with E-state index in [2.05, 4.69) is 66.5 Å². The largest absolute Gasteiger partial charge is 0.384 e. The molecule has 1 aliphatic heterocycles. The molecule has 4 nitrogen and oxygen atoms in total. The zero-order valence-corrected chi connectivity index (χ0v) is 16.3. The van der Waals surface area contributed by atoms with Crippen LogP contribution in [0.3, 0.4) is 0 Å². The minimum absolute atomic E-state index is 0.295. The number of nitrogens with zero attached hydrogens (tertiary/aromatic N) is 2. The van der Waals surface area contributed by atoms with E-state index in [1.807, 2.05) is 30.5 Å². The van der Waals surface area contributed by atoms with E-state index in [4.69, 9.17) is 10.7 Å². The maximum atomic E-state index is 6.15. The molecule has 0 aliphatic carbocycles. The predicted molar refractivity (Wildman–Crippen MR) is 113 cm³/mol. The molecule has 2 atom stereocenters. The van der Waals surface area contributed by atoms with Crippen LogP contribution in [-0.2, 0) is 6.54 Å². The first-order valence-corrected chi connectivity index (χ1v) is 9.81. The van der Waals surface area contributed by atoms with Crippen LogP contribution in [0.5, 0.6) is 0 Å². The van der Waals surface area contributed by atoms with Gasteiger partial charge in [-0.1, -0.05) is 48.5 Å². The van der Waals surface area contributed by atoms with E-state index < -0.39 is 0 Å². The van der Waals surface area contributed by atoms with Crippen molar-refractivity contribution >= 4 is 11.5 Å². The van der Waals surface area contributed by atoms with Crippen molar-refractivity contribution in [3.05, 3.63) is 78.5 Å². The van der Waals surface area contributed by atoms with E-state index >= 15 is 0 Å². The minimum atomic E-state index is 0.295. The van der Waals surface area contributed by atoms with Crippen LogP contribution in [0.25, 0.3) is 0 Å². The zero-order chi connectivity index (χ0) is 19.1. The summed E-state index contributed by atoms with van der Waals surface area (Å²) >= 11 is 0. The van der Waals surface area contributed by atoms with Crippen molar-refractivity contribution in [1.82, 2.24) is 4.90 Å². The highest BCUT2D eigenvalue weighted by atomic mass is 15.2. The highest BCUT2D eigenvalue weighted by Gasteiger charge is 2.30. The highest BCUT2D eigenvalue weighted by molar-refractivity contribution is 5.91. The Morgan fingerprint density at radius 2 is 1.63 bits per heavy atom. The van der Waals surface area contributed by atoms with Gasteiger partial charge >= 0.3 is 0 Å². The molecule has 1 saturated heterocycles. The van der Waals surface area contributed by atoms with Crippen LogP contribution in [0, 0.1) is 0 Å². The predicted octanol–water partition coefficient (Wildman–Crippen LogP) is 3.19. The molecule has 27 heavy (non-hydrogen) atoms. The first-order valence-electron chi connectivity index (χ1n) is 9.81. The summed E-state index contributed by atoms with van der Waals surface area (Å²) in [6.07, 6.45) is 5.98. The lowest BCUT2D eigenvalue weighted by Crippen LogP contribution is -2.71. The number of para-hydroxylation sites is 1. The third kappa shape index (κ3) is 5.78. The van der Waals surface area contributed by atoms with Crippen LogP contribution in [-0.4, -0.2) is 28.9 Å². The fraction of sp³-hybridized carbons (Fsp3) is 0.348. The van der Waals surface area contributed by atoms with Gasteiger partial charge in [-0.15, -0.1) is 0 Å². The molecular weight excluding hydrogens is 332 g/mol. The van der Waals surface area contributed by atoms with Gasteiger partial charge in [0.2, 0.25) is 0 Å². The maximum absolute atomic E-state index is 6.15. The van der Waals surface area contributed by atoms with Gasteiger partial charge < -0.3 is 5.73 Å². The molecule has 0 spiro atoms. The number of nitrogens with two attached hydrogens (primary N) is 2. The van der Waals surface area contributed by atoms with Crippen LogP contribution >= 0.6 is 0 Å². The van der Waals surface area contributed by atoms with E-state index in [9.17, 15) is 0 Å². The summed E-state index contributed by atoms with van der Waals surface area (Å²) in [6.45, 7) is 5.60. The second-order valence-electron chi connectivity index (χ2n) is 7.47. The standard InChI is InChI=1S/C23H30N4/c1-18-15-22(16-19(2)27(18)17-20-9-5-3-6-10-20)26-23(24)13-14-25-21-11-7-4-8-12-21/h3-14,18-19,22,25H,15-17H2,1-2H3,(H2,24,26)/p+1/b14-13-. The Bertz CT molecular complexity index is 742. The quantitative estimate of drug-likeness (QED) is 0.470. The summed E-state index contributed by atoms with van der Waals surface area (Å²) in [5.41, 5.74) is 8.68. The van der Waals surface area contributed by atoms with Crippen molar-refractivity contribution in [2.75, 3.05) is 0 Å². The number of amidine groups is 1. The topological polar surface area (TPSA) is 58.2 Å². The van der Waals surface area contributed by atoms with E-state index in [0.717, 1.165) is 25.1 Å². The number of piperidine rings is 1. The first-order chi connectivity index (χ1) is 13.1. The van der Waals surface area contributed by atoms with Crippen LogP contribution in [0.15, 0.2) is 77.9 Å². The third-order valence-corrected chi connectivity index (χ3v) is 5.25. The molecule has 2 unspecified atom stereocenters. The molecule has 4 N–H and O–H groups in total. The van der Waals surface area contributed by atoms with Crippen molar-refractivity contribution in [3.8, 4) is 0 Å². The first kappa shape index (κ1) is 19.3. The lowest BCUT2D eigenvalue weighted by Gasteiger charge is -2.41. The van der Waals surface area contributed by atoms with Gasteiger partial charge in [0, 0.05) is 24.7 Å². The molecule has 1 heterocycles. The van der Waals surface area contributed by atoms with Gasteiger partial charge in [0.1, 0.15) is 17.7 Å². The Hall–Kier alpha value is -2.43. The molecule has 0 saturated carbocycles. The zero-order valence-electron chi connectivity index (χ0n) is 16.3. The fourth-order valence-electron chi connectivity index (χ4n) is 3.88. The third-order valence-electron chi connectivity index (χ3n) is 5.25. The van der Waals surface area contributed by atoms with E-state index in [1.54, 1.807) is 0 Å². The summed E-state index contributed by atoms with van der Waals surface area (Å²) < 4.78 is 0. The summed E-state index contributed by atoms with van der Waals surface area (Å²) in [6, 6.07) is 22.2. The van der Waals surface area contributed by atoms with Crippen molar-refractivity contribution in [2.24, 2.45) is 10.7 Å². The second kappa shape index (κ2) is 9.49. The van der Waals surface area contributed by atoms with E-state index in [-0.39, 0.29) is 0 Å². The van der Waals surface area contributed by atoms with E-state index in [1.165, 1.54) is 5.56 Å². The maximum Gasteiger partial charge on any atom is 0.134 e. The molecule has 1 fully saturated rings. The van der Waals surface area contributed by atoms with Gasteiger partial charge in [-0.2, -0.15) is 0 Å². The summed E-state index contributed by atoms with van der Waals surface area (Å²) in [5, 5.41) is 2.05. The summed E-state index contributed by atoms with van der Waals surface area (Å²) in [5.74, 6) is 0.614. The smallest absolute Gasteiger partial charge is 0.134 e. The number of rotatable bonds is 6. The number of hydrogen-bond acceptors (Lipinski definition) is 2. The number of hydrogen-bond donors (Lipinski definition) is 2. The van der Waals surface area contributed by atoms with Crippen molar-refractivity contribution in [3.63, 3.8) is 0 Å². The molecule has 0 radical (unpaired) electrons. The van der Waals surface area contributed by atoms with Gasteiger partial charge in [0.25, 0.3) is 0 Å². The SMILES string of the molecule is CC1CC(N=C(N)/C=C\[NH2+]c2ccccc2)CC(C)N1Cc1ccccc1. The molecule has 0 amide bonds. The average molecular weight is 364 g/mol. The molecule has 0 aromatic heterocycles. The van der Waals surface area contributed by atoms with Crippen molar-refractivity contribution < 1.29 is 5.32 Å². The van der Waals surface area contributed by atoms with Crippen molar-refractivity contribution in [2.45, 2.75) is 51.4 Å². The molecule has 4 heteroatoms. The van der Waals surface area contributed by atoms with Crippen molar-refractivity contribution in [1.29, 1.82) is 0 Å². The number of likely N-dealkylation sites (tertiary alicyclic amines) is 1. The molecule has 1 aliphatic rings. The fourth-order valence-corrected chi connectivity index (χ4v) is 3.88. The van der Waals surface area contributed by atoms with Crippen LogP contribution < -0.4 is 11.1 Å². The molecule has 0 bridgehead atoms. The Balaban J connectivity index is 1.55. The Morgan fingerprint density at radius 1 is 1.04 bits per heavy atom. The van der Waals surface area contributed by atoms with Gasteiger partial charge in [0.05, 0.1) is 6.04 Å². The Labute approximate surface area is 162 Å². The lowest BCUT2D eigenvalue weighted by molar-refractivity contribution is -0.496. The molecule has 2 aromatic rings. The highest BCUT2D eigenvalue weighted by Crippen LogP contribution is 2.27. The molecule has 142 valence electrons.